The Kier molecular flexibility index (Phi) is 7.42. The van der Waals surface area contributed by atoms with Gasteiger partial charge in [0, 0.05) is 25.8 Å². The highest BCUT2D eigenvalue weighted by atomic mass is 15.1. The quantitative estimate of drug-likeness (QED) is 0.681. The summed E-state index contributed by atoms with van der Waals surface area (Å²) in [6.07, 6.45) is 7.54. The van der Waals surface area contributed by atoms with Gasteiger partial charge in [0.25, 0.3) is 0 Å². The molecule has 0 saturated heterocycles. The zero-order valence-electron chi connectivity index (χ0n) is 12.1. The molecule has 0 fully saturated rings. The van der Waals surface area contributed by atoms with Gasteiger partial charge in [-0.1, -0.05) is 20.3 Å². The fourth-order valence-electron chi connectivity index (χ4n) is 2.05. The molecule has 0 unspecified atom stereocenters. The highest BCUT2D eigenvalue weighted by Gasteiger charge is 2.08. The van der Waals surface area contributed by atoms with Gasteiger partial charge in [0.05, 0.1) is 11.9 Å². The highest BCUT2D eigenvalue weighted by Crippen LogP contribution is 2.19. The number of hydrogen-bond donors (Lipinski definition) is 1. The van der Waals surface area contributed by atoms with E-state index < -0.39 is 0 Å². The van der Waals surface area contributed by atoms with E-state index in [0.717, 1.165) is 26.2 Å². The molecule has 0 aliphatic rings. The maximum Gasteiger partial charge on any atom is 0.0598 e. The summed E-state index contributed by atoms with van der Waals surface area (Å²) in [6, 6.07) is 2.13. The standard InChI is InChI=1S/C15H27N3/c1-4-7-11-18(6-3)15-13-17-10-8-14(15)12-16-9-5-2/h8,10,13,16H,4-7,9,11-12H2,1-3H3. The molecule has 0 amide bonds. The van der Waals surface area contributed by atoms with Crippen LogP contribution in [0.25, 0.3) is 0 Å². The maximum absolute atomic E-state index is 4.28. The number of nitrogens with one attached hydrogen (secondary N) is 1. The lowest BCUT2D eigenvalue weighted by molar-refractivity contribution is 0.668. The van der Waals surface area contributed by atoms with Crippen LogP contribution in [0.5, 0.6) is 0 Å². The van der Waals surface area contributed by atoms with E-state index in [1.54, 1.807) is 0 Å². The van der Waals surface area contributed by atoms with Crippen LogP contribution >= 0.6 is 0 Å². The summed E-state index contributed by atoms with van der Waals surface area (Å²) in [5.74, 6) is 0. The van der Waals surface area contributed by atoms with E-state index in [9.17, 15) is 0 Å². The van der Waals surface area contributed by atoms with Crippen molar-refractivity contribution >= 4 is 5.69 Å². The number of pyridine rings is 1. The lowest BCUT2D eigenvalue weighted by atomic mass is 10.2. The number of rotatable bonds is 9. The molecular weight excluding hydrogens is 222 g/mol. The molecule has 0 aliphatic heterocycles. The van der Waals surface area contributed by atoms with E-state index in [4.69, 9.17) is 0 Å². The van der Waals surface area contributed by atoms with Crippen molar-refractivity contribution in [2.75, 3.05) is 24.5 Å². The van der Waals surface area contributed by atoms with E-state index in [-0.39, 0.29) is 0 Å². The van der Waals surface area contributed by atoms with E-state index in [0.29, 0.717) is 0 Å². The van der Waals surface area contributed by atoms with Gasteiger partial charge >= 0.3 is 0 Å². The van der Waals surface area contributed by atoms with E-state index in [1.807, 2.05) is 12.4 Å². The van der Waals surface area contributed by atoms with Gasteiger partial charge in [-0.25, -0.2) is 0 Å². The smallest absolute Gasteiger partial charge is 0.0598 e. The Labute approximate surface area is 112 Å². The number of nitrogens with zero attached hydrogens (tertiary/aromatic N) is 2. The minimum absolute atomic E-state index is 0.939. The van der Waals surface area contributed by atoms with Crippen LogP contribution in [0, 0.1) is 0 Å². The minimum atomic E-state index is 0.939. The number of anilines is 1. The molecule has 0 atom stereocenters. The average molecular weight is 249 g/mol. The summed E-state index contributed by atoms with van der Waals surface area (Å²) in [6.45, 7) is 10.8. The second-order valence-corrected chi connectivity index (χ2v) is 4.61. The Bertz CT molecular complexity index is 325. The molecule has 3 heteroatoms. The normalized spacial score (nSPS) is 10.6. The van der Waals surface area contributed by atoms with Crippen LogP contribution < -0.4 is 10.2 Å². The maximum atomic E-state index is 4.28. The van der Waals surface area contributed by atoms with Crippen LogP contribution in [0.4, 0.5) is 5.69 Å². The molecule has 3 nitrogen and oxygen atoms in total. The Morgan fingerprint density at radius 1 is 1.22 bits per heavy atom. The summed E-state index contributed by atoms with van der Waals surface area (Å²) in [4.78, 5) is 6.71. The average Bonchev–Trinajstić information content (AvgIpc) is 2.41. The lowest BCUT2D eigenvalue weighted by Crippen LogP contribution is -2.26. The second-order valence-electron chi connectivity index (χ2n) is 4.61. The van der Waals surface area contributed by atoms with Gasteiger partial charge in [-0.2, -0.15) is 0 Å². The SMILES string of the molecule is CCCCN(CC)c1cnccc1CNCCC. The molecule has 0 aliphatic carbocycles. The molecule has 1 N–H and O–H groups in total. The first kappa shape index (κ1) is 15.0. The van der Waals surface area contributed by atoms with Crippen LogP contribution in [0.3, 0.4) is 0 Å². The van der Waals surface area contributed by atoms with Crippen molar-refractivity contribution in [3.05, 3.63) is 24.0 Å². The third-order valence-electron chi connectivity index (χ3n) is 3.13. The molecule has 1 heterocycles. The Morgan fingerprint density at radius 2 is 2.06 bits per heavy atom. The van der Waals surface area contributed by atoms with Gasteiger partial charge in [-0.3, -0.25) is 4.98 Å². The first-order chi connectivity index (χ1) is 8.83. The van der Waals surface area contributed by atoms with Crippen LogP contribution in [0.1, 0.15) is 45.6 Å². The third-order valence-corrected chi connectivity index (χ3v) is 3.13. The van der Waals surface area contributed by atoms with Crippen molar-refractivity contribution in [3.63, 3.8) is 0 Å². The molecule has 0 bridgehead atoms. The zero-order chi connectivity index (χ0) is 13.2. The molecule has 1 aromatic heterocycles. The van der Waals surface area contributed by atoms with Gasteiger partial charge in [0.2, 0.25) is 0 Å². The van der Waals surface area contributed by atoms with Crippen molar-refractivity contribution in [1.29, 1.82) is 0 Å². The molecular formula is C15H27N3. The molecule has 0 aromatic carbocycles. The van der Waals surface area contributed by atoms with Crippen molar-refractivity contribution < 1.29 is 0 Å². The lowest BCUT2D eigenvalue weighted by Gasteiger charge is -2.25. The fourth-order valence-corrected chi connectivity index (χ4v) is 2.05. The molecule has 0 saturated carbocycles. The molecule has 102 valence electrons. The van der Waals surface area contributed by atoms with E-state index in [2.05, 4.69) is 42.0 Å². The highest BCUT2D eigenvalue weighted by molar-refractivity contribution is 5.51. The van der Waals surface area contributed by atoms with Gasteiger partial charge in [-0.15, -0.1) is 0 Å². The molecule has 0 radical (unpaired) electrons. The molecule has 1 rings (SSSR count). The van der Waals surface area contributed by atoms with E-state index in [1.165, 1.54) is 30.5 Å². The van der Waals surface area contributed by atoms with Gasteiger partial charge in [-0.05, 0) is 37.9 Å². The molecule has 18 heavy (non-hydrogen) atoms. The summed E-state index contributed by atoms with van der Waals surface area (Å²) < 4.78 is 0. The van der Waals surface area contributed by atoms with Crippen molar-refractivity contribution in [1.82, 2.24) is 10.3 Å². The number of hydrogen-bond acceptors (Lipinski definition) is 3. The van der Waals surface area contributed by atoms with Gasteiger partial charge in [0.15, 0.2) is 0 Å². The fraction of sp³-hybridized carbons (Fsp3) is 0.667. The van der Waals surface area contributed by atoms with Gasteiger partial charge < -0.3 is 10.2 Å². The van der Waals surface area contributed by atoms with Crippen molar-refractivity contribution in [2.24, 2.45) is 0 Å². The largest absolute Gasteiger partial charge is 0.370 e. The van der Waals surface area contributed by atoms with Crippen LogP contribution in [0.2, 0.25) is 0 Å². The zero-order valence-corrected chi connectivity index (χ0v) is 12.1. The first-order valence-electron chi connectivity index (χ1n) is 7.22. The Balaban J connectivity index is 2.71. The van der Waals surface area contributed by atoms with Crippen LogP contribution in [0.15, 0.2) is 18.5 Å². The predicted octanol–water partition coefficient (Wildman–Crippen LogP) is 3.21. The van der Waals surface area contributed by atoms with Crippen molar-refractivity contribution in [3.8, 4) is 0 Å². The Hall–Kier alpha value is -1.09. The second kappa shape index (κ2) is 8.92. The minimum Gasteiger partial charge on any atom is -0.370 e. The predicted molar refractivity (Wildman–Crippen MR) is 79.0 cm³/mol. The monoisotopic (exact) mass is 249 g/mol. The third kappa shape index (κ3) is 4.65. The van der Waals surface area contributed by atoms with Gasteiger partial charge in [0.1, 0.15) is 0 Å². The summed E-state index contributed by atoms with van der Waals surface area (Å²) >= 11 is 0. The Morgan fingerprint density at radius 3 is 2.72 bits per heavy atom. The summed E-state index contributed by atoms with van der Waals surface area (Å²) in [5, 5.41) is 3.47. The number of unbranched alkanes of at least 4 members (excludes halogenated alkanes) is 1. The topological polar surface area (TPSA) is 28.2 Å². The van der Waals surface area contributed by atoms with Crippen molar-refractivity contribution in [2.45, 2.75) is 46.6 Å². The van der Waals surface area contributed by atoms with Crippen LogP contribution in [-0.4, -0.2) is 24.6 Å². The summed E-state index contributed by atoms with van der Waals surface area (Å²) in [5.41, 5.74) is 2.65. The van der Waals surface area contributed by atoms with Crippen LogP contribution in [-0.2, 0) is 6.54 Å². The molecule has 1 aromatic rings. The molecule has 0 spiro atoms. The first-order valence-corrected chi connectivity index (χ1v) is 7.22. The summed E-state index contributed by atoms with van der Waals surface area (Å²) in [7, 11) is 0. The van der Waals surface area contributed by atoms with E-state index >= 15 is 0 Å². The number of aromatic nitrogens is 1.